The Balaban J connectivity index is 1.90. The Hall–Kier alpha value is -4.38. The lowest BCUT2D eigenvalue weighted by Gasteiger charge is -2.24. The van der Waals surface area contributed by atoms with Crippen LogP contribution in [0.15, 0.2) is 48.0 Å². The number of unbranched alkanes of at least 4 members (excludes halogenated alkanes) is 1. The SMILES string of the molecule is CCCCOc1ccc(C2/C(=C(\O)c3cccc(OCCC)c3)C(=O)C(=O)N2c2nc(C)c(C(=O)OC)s2)cc1OC. The number of aromatic nitrogens is 1. The van der Waals surface area contributed by atoms with E-state index in [1.165, 1.54) is 19.1 Å². The molecule has 0 saturated carbocycles. The normalized spacial score (nSPS) is 16.0. The Kier molecular flexibility index (Phi) is 9.84. The van der Waals surface area contributed by atoms with Gasteiger partial charge >= 0.3 is 11.9 Å². The van der Waals surface area contributed by atoms with Crippen molar-refractivity contribution in [3.63, 3.8) is 0 Å². The van der Waals surface area contributed by atoms with Crippen molar-refractivity contribution in [1.82, 2.24) is 4.98 Å². The molecule has 1 aliphatic heterocycles. The molecule has 1 atom stereocenters. The molecule has 42 heavy (non-hydrogen) atoms. The van der Waals surface area contributed by atoms with Crippen LogP contribution in [0, 0.1) is 6.92 Å². The third-order valence-corrected chi connectivity index (χ3v) is 7.78. The summed E-state index contributed by atoms with van der Waals surface area (Å²) in [6, 6.07) is 10.7. The van der Waals surface area contributed by atoms with Crippen LogP contribution >= 0.6 is 11.3 Å². The Morgan fingerprint density at radius 3 is 2.50 bits per heavy atom. The minimum atomic E-state index is -1.08. The summed E-state index contributed by atoms with van der Waals surface area (Å²) in [7, 11) is 2.75. The number of thiazole rings is 1. The van der Waals surface area contributed by atoms with E-state index in [1.807, 2.05) is 6.92 Å². The molecule has 0 aliphatic carbocycles. The monoisotopic (exact) mass is 594 g/mol. The van der Waals surface area contributed by atoms with Crippen LogP contribution in [0.2, 0.25) is 0 Å². The molecule has 1 aromatic heterocycles. The van der Waals surface area contributed by atoms with Crippen LogP contribution in [0.25, 0.3) is 5.76 Å². The molecule has 2 heterocycles. The van der Waals surface area contributed by atoms with E-state index in [2.05, 4.69) is 11.9 Å². The van der Waals surface area contributed by atoms with Crippen LogP contribution in [0.4, 0.5) is 5.13 Å². The van der Waals surface area contributed by atoms with E-state index < -0.39 is 23.7 Å². The number of Topliss-reactive ketones (excluding diaryl/α,β-unsaturated/α-hetero) is 1. The first-order valence-corrected chi connectivity index (χ1v) is 14.5. The minimum absolute atomic E-state index is 0.112. The molecular formula is C31H34N2O8S. The van der Waals surface area contributed by atoms with Gasteiger partial charge in [-0.1, -0.05) is 49.8 Å². The lowest BCUT2D eigenvalue weighted by molar-refractivity contribution is -0.132. The van der Waals surface area contributed by atoms with Crippen molar-refractivity contribution in [3.05, 3.63) is 69.7 Å². The van der Waals surface area contributed by atoms with Crippen LogP contribution in [-0.2, 0) is 14.3 Å². The van der Waals surface area contributed by atoms with Crippen molar-refractivity contribution in [1.29, 1.82) is 0 Å². The molecule has 11 heteroatoms. The summed E-state index contributed by atoms with van der Waals surface area (Å²) in [6.45, 7) is 6.63. The maximum Gasteiger partial charge on any atom is 0.350 e. The predicted molar refractivity (Wildman–Crippen MR) is 159 cm³/mol. The zero-order valence-corrected chi connectivity index (χ0v) is 25.1. The standard InChI is InChI=1S/C31H34N2O8S/c1-6-8-15-41-22-13-12-19(17-23(22)38-4)25-24(26(34)20-10-9-11-21(16-20)40-14-7-2)27(35)29(36)33(25)31-32-18(3)28(42-31)30(37)39-5/h9-13,16-17,25,34H,6-8,14-15H2,1-5H3/b26-24+. The molecule has 1 fully saturated rings. The minimum Gasteiger partial charge on any atom is -0.507 e. The fraction of sp³-hybridized carbons (Fsp3) is 0.355. The number of amides is 1. The number of aliphatic hydroxyl groups is 1. The fourth-order valence-electron chi connectivity index (χ4n) is 4.52. The average molecular weight is 595 g/mol. The van der Waals surface area contributed by atoms with Gasteiger partial charge in [0, 0.05) is 5.56 Å². The van der Waals surface area contributed by atoms with Crippen LogP contribution in [0.1, 0.15) is 65.6 Å². The van der Waals surface area contributed by atoms with E-state index in [-0.39, 0.29) is 21.3 Å². The van der Waals surface area contributed by atoms with Gasteiger partial charge in [-0.2, -0.15) is 0 Å². The average Bonchev–Trinajstić information content (AvgIpc) is 3.51. The van der Waals surface area contributed by atoms with Crippen LogP contribution in [0.3, 0.4) is 0 Å². The number of hydrogen-bond donors (Lipinski definition) is 1. The summed E-state index contributed by atoms with van der Waals surface area (Å²) in [5, 5.41) is 11.7. The van der Waals surface area contributed by atoms with Crippen molar-refractivity contribution < 1.29 is 38.4 Å². The van der Waals surface area contributed by atoms with E-state index in [9.17, 15) is 19.5 Å². The fourth-order valence-corrected chi connectivity index (χ4v) is 5.53. The summed E-state index contributed by atoms with van der Waals surface area (Å²) in [5.41, 5.74) is 0.993. The number of anilines is 1. The molecule has 1 amide bonds. The lowest BCUT2D eigenvalue weighted by Crippen LogP contribution is -2.29. The summed E-state index contributed by atoms with van der Waals surface area (Å²) >= 11 is 0.928. The molecule has 222 valence electrons. The van der Waals surface area contributed by atoms with Crippen molar-refractivity contribution in [2.45, 2.75) is 46.1 Å². The highest BCUT2D eigenvalue weighted by atomic mass is 32.1. The van der Waals surface area contributed by atoms with Crippen molar-refractivity contribution in [3.8, 4) is 17.2 Å². The summed E-state index contributed by atoms with van der Waals surface area (Å²) in [5.74, 6) is -1.35. The quantitative estimate of drug-likeness (QED) is 0.0905. The van der Waals surface area contributed by atoms with Gasteiger partial charge in [0.05, 0.1) is 44.7 Å². The second-order valence-electron chi connectivity index (χ2n) is 9.56. The number of esters is 1. The molecule has 0 spiro atoms. The number of carbonyl (C=O) groups excluding carboxylic acids is 3. The first-order chi connectivity index (χ1) is 20.2. The van der Waals surface area contributed by atoms with Crippen LogP contribution < -0.4 is 19.1 Å². The highest BCUT2D eigenvalue weighted by Crippen LogP contribution is 2.45. The molecule has 1 unspecified atom stereocenters. The Morgan fingerprint density at radius 2 is 1.81 bits per heavy atom. The van der Waals surface area contributed by atoms with Gasteiger partial charge in [0.2, 0.25) is 0 Å². The highest BCUT2D eigenvalue weighted by molar-refractivity contribution is 7.17. The zero-order chi connectivity index (χ0) is 30.4. The molecule has 0 bridgehead atoms. The molecule has 10 nitrogen and oxygen atoms in total. The number of nitrogens with zero attached hydrogens (tertiary/aromatic N) is 2. The Labute approximate surface area is 248 Å². The van der Waals surface area contributed by atoms with Gasteiger partial charge in [-0.15, -0.1) is 0 Å². The van der Waals surface area contributed by atoms with E-state index in [0.717, 1.165) is 30.6 Å². The van der Waals surface area contributed by atoms with Gasteiger partial charge in [0.15, 0.2) is 16.6 Å². The van der Waals surface area contributed by atoms with Gasteiger partial charge < -0.3 is 24.1 Å². The Morgan fingerprint density at radius 1 is 1.02 bits per heavy atom. The second kappa shape index (κ2) is 13.5. The van der Waals surface area contributed by atoms with Gasteiger partial charge in [-0.3, -0.25) is 14.5 Å². The molecule has 1 N–H and O–H groups in total. The molecule has 3 aromatic rings. The number of hydrogen-bond acceptors (Lipinski definition) is 10. The number of carbonyl (C=O) groups is 3. The predicted octanol–water partition coefficient (Wildman–Crippen LogP) is 5.84. The molecule has 2 aromatic carbocycles. The maximum atomic E-state index is 13.6. The van der Waals surface area contributed by atoms with Crippen LogP contribution in [-0.4, -0.2) is 55.2 Å². The number of aryl methyl sites for hydroxylation is 1. The molecule has 1 aliphatic rings. The summed E-state index contributed by atoms with van der Waals surface area (Å²) in [6.07, 6.45) is 2.61. The van der Waals surface area contributed by atoms with Gasteiger partial charge in [0.1, 0.15) is 16.4 Å². The van der Waals surface area contributed by atoms with Crippen molar-refractivity contribution in [2.75, 3.05) is 32.3 Å². The first kappa shape index (κ1) is 30.6. The lowest BCUT2D eigenvalue weighted by atomic mass is 9.95. The smallest absolute Gasteiger partial charge is 0.350 e. The van der Waals surface area contributed by atoms with Gasteiger partial charge in [-0.25, -0.2) is 9.78 Å². The second-order valence-corrected chi connectivity index (χ2v) is 10.5. The number of methoxy groups -OCH3 is 2. The van der Waals surface area contributed by atoms with Gasteiger partial charge in [0.25, 0.3) is 5.78 Å². The number of benzene rings is 2. The number of aliphatic hydroxyl groups excluding tert-OH is 1. The van der Waals surface area contributed by atoms with E-state index in [4.69, 9.17) is 18.9 Å². The summed E-state index contributed by atoms with van der Waals surface area (Å²) in [4.78, 5) is 45.4. The van der Waals surface area contributed by atoms with Crippen molar-refractivity contribution in [2.24, 2.45) is 0 Å². The van der Waals surface area contributed by atoms with E-state index >= 15 is 0 Å². The number of ketones is 1. The maximum absolute atomic E-state index is 13.6. The third kappa shape index (κ3) is 6.11. The van der Waals surface area contributed by atoms with Gasteiger partial charge in [-0.05, 0) is 49.6 Å². The topological polar surface area (TPSA) is 124 Å². The first-order valence-electron chi connectivity index (χ1n) is 13.7. The molecule has 0 radical (unpaired) electrons. The largest absolute Gasteiger partial charge is 0.507 e. The van der Waals surface area contributed by atoms with Crippen LogP contribution in [0.5, 0.6) is 17.2 Å². The third-order valence-electron chi connectivity index (χ3n) is 6.65. The zero-order valence-electron chi connectivity index (χ0n) is 24.3. The number of ether oxygens (including phenoxy) is 4. The van der Waals surface area contributed by atoms with E-state index in [0.29, 0.717) is 47.3 Å². The van der Waals surface area contributed by atoms with Crippen molar-refractivity contribution >= 4 is 39.9 Å². The highest BCUT2D eigenvalue weighted by Gasteiger charge is 2.48. The van der Waals surface area contributed by atoms with E-state index in [1.54, 1.807) is 49.4 Å². The molecule has 4 rings (SSSR count). The molecular weight excluding hydrogens is 560 g/mol. The summed E-state index contributed by atoms with van der Waals surface area (Å²) < 4.78 is 22.0. The number of rotatable bonds is 12. The Bertz CT molecular complexity index is 1510. The molecule has 1 saturated heterocycles.